The number of thiazole rings is 1. The third-order valence-electron chi connectivity index (χ3n) is 5.48. The minimum atomic E-state index is -0.0499. The van der Waals surface area contributed by atoms with E-state index in [1.165, 1.54) is 16.9 Å². The number of ether oxygens (including phenoxy) is 1. The number of aryl methyl sites for hydroxylation is 1. The Labute approximate surface area is 181 Å². The minimum absolute atomic E-state index is 0.0159. The Morgan fingerprint density at radius 3 is 2.80 bits per heavy atom. The summed E-state index contributed by atoms with van der Waals surface area (Å²) in [5.74, 6) is 0.103. The van der Waals surface area contributed by atoms with Crippen LogP contribution >= 0.6 is 11.3 Å². The van der Waals surface area contributed by atoms with E-state index in [-0.39, 0.29) is 17.7 Å². The SMILES string of the molecule is CC(C)C(=O)N1CCCc2cc(-c3csc(NC(=O)CN4CCOCC4)n3)ccc21. The molecule has 2 aliphatic heterocycles. The van der Waals surface area contributed by atoms with E-state index in [1.54, 1.807) is 0 Å². The lowest BCUT2D eigenvalue weighted by atomic mass is 9.97. The van der Waals surface area contributed by atoms with Crippen molar-refractivity contribution in [2.24, 2.45) is 5.92 Å². The summed E-state index contributed by atoms with van der Waals surface area (Å²) < 4.78 is 5.32. The van der Waals surface area contributed by atoms with Gasteiger partial charge in [-0.1, -0.05) is 19.9 Å². The van der Waals surface area contributed by atoms with Crippen LogP contribution in [0.4, 0.5) is 10.8 Å². The predicted octanol–water partition coefficient (Wildman–Crippen LogP) is 3.02. The number of aromatic nitrogens is 1. The zero-order chi connectivity index (χ0) is 21.1. The monoisotopic (exact) mass is 428 g/mol. The third kappa shape index (κ3) is 4.71. The second-order valence-corrected chi connectivity index (χ2v) is 8.92. The smallest absolute Gasteiger partial charge is 0.240 e. The molecule has 0 spiro atoms. The fraction of sp³-hybridized carbons (Fsp3) is 0.500. The van der Waals surface area contributed by atoms with Crippen molar-refractivity contribution in [3.05, 3.63) is 29.1 Å². The molecule has 160 valence electrons. The van der Waals surface area contributed by atoms with Gasteiger partial charge in [-0.15, -0.1) is 11.3 Å². The van der Waals surface area contributed by atoms with E-state index >= 15 is 0 Å². The molecule has 30 heavy (non-hydrogen) atoms. The number of morpholine rings is 1. The maximum atomic E-state index is 12.5. The number of nitrogens with zero attached hydrogens (tertiary/aromatic N) is 3. The molecular formula is C22H28N4O3S. The first-order valence-electron chi connectivity index (χ1n) is 10.5. The number of hydrogen-bond acceptors (Lipinski definition) is 6. The minimum Gasteiger partial charge on any atom is -0.379 e. The molecule has 2 aromatic rings. The highest BCUT2D eigenvalue weighted by Crippen LogP contribution is 2.33. The predicted molar refractivity (Wildman–Crippen MR) is 119 cm³/mol. The molecular weight excluding hydrogens is 400 g/mol. The van der Waals surface area contributed by atoms with Gasteiger partial charge in [0.15, 0.2) is 5.13 Å². The topological polar surface area (TPSA) is 74.8 Å². The Morgan fingerprint density at radius 2 is 2.03 bits per heavy atom. The normalized spacial score (nSPS) is 17.1. The molecule has 1 saturated heterocycles. The summed E-state index contributed by atoms with van der Waals surface area (Å²) in [6.07, 6.45) is 1.92. The number of carbonyl (C=O) groups is 2. The lowest BCUT2D eigenvalue weighted by Gasteiger charge is -2.31. The maximum Gasteiger partial charge on any atom is 0.240 e. The van der Waals surface area contributed by atoms with Gasteiger partial charge in [0.1, 0.15) is 0 Å². The highest BCUT2D eigenvalue weighted by atomic mass is 32.1. The van der Waals surface area contributed by atoms with Gasteiger partial charge in [-0.25, -0.2) is 4.98 Å². The molecule has 7 nitrogen and oxygen atoms in total. The zero-order valence-corrected chi connectivity index (χ0v) is 18.3. The Kier molecular flexibility index (Phi) is 6.46. The summed E-state index contributed by atoms with van der Waals surface area (Å²) in [5.41, 5.74) is 4.05. The Hall–Kier alpha value is -2.29. The second kappa shape index (κ2) is 9.24. The maximum absolute atomic E-state index is 12.5. The molecule has 1 N–H and O–H groups in total. The van der Waals surface area contributed by atoms with E-state index < -0.39 is 0 Å². The van der Waals surface area contributed by atoms with Crippen LogP contribution in [0.1, 0.15) is 25.8 Å². The summed E-state index contributed by atoms with van der Waals surface area (Å²) in [6.45, 7) is 7.92. The van der Waals surface area contributed by atoms with E-state index in [9.17, 15) is 9.59 Å². The average Bonchev–Trinajstić information content (AvgIpc) is 3.21. The van der Waals surface area contributed by atoms with E-state index in [1.807, 2.05) is 36.3 Å². The van der Waals surface area contributed by atoms with Gasteiger partial charge in [-0.3, -0.25) is 14.5 Å². The summed E-state index contributed by atoms with van der Waals surface area (Å²) in [4.78, 5) is 33.4. The van der Waals surface area contributed by atoms with Gasteiger partial charge in [0, 0.05) is 42.2 Å². The largest absolute Gasteiger partial charge is 0.379 e. The van der Waals surface area contributed by atoms with Crippen LogP contribution in [0.3, 0.4) is 0 Å². The number of amides is 2. The molecule has 0 unspecified atom stereocenters. The standard InChI is InChI=1S/C22H28N4O3S/c1-15(2)21(28)26-7-3-4-17-12-16(5-6-19(17)26)18-14-30-22(23-18)24-20(27)13-25-8-10-29-11-9-25/h5-6,12,14-15H,3-4,7-11,13H2,1-2H3,(H,23,24,27). The van der Waals surface area contributed by atoms with E-state index in [2.05, 4.69) is 21.3 Å². The average molecular weight is 429 g/mol. The van der Waals surface area contributed by atoms with Crippen molar-refractivity contribution in [1.29, 1.82) is 0 Å². The third-order valence-corrected chi connectivity index (χ3v) is 6.23. The van der Waals surface area contributed by atoms with Crippen molar-refractivity contribution in [2.45, 2.75) is 26.7 Å². The molecule has 1 fully saturated rings. The summed E-state index contributed by atoms with van der Waals surface area (Å²) in [5, 5.41) is 5.48. The number of fused-ring (bicyclic) bond motifs is 1. The Morgan fingerprint density at radius 1 is 1.23 bits per heavy atom. The van der Waals surface area contributed by atoms with Crippen LogP contribution in [0.5, 0.6) is 0 Å². The first-order valence-corrected chi connectivity index (χ1v) is 11.4. The highest BCUT2D eigenvalue weighted by Gasteiger charge is 2.25. The number of carbonyl (C=O) groups excluding carboxylic acids is 2. The van der Waals surface area contributed by atoms with Crippen LogP contribution in [0, 0.1) is 5.92 Å². The van der Waals surface area contributed by atoms with Crippen LogP contribution in [-0.4, -0.2) is 61.1 Å². The van der Waals surface area contributed by atoms with Gasteiger partial charge in [-0.2, -0.15) is 0 Å². The van der Waals surface area contributed by atoms with Crippen molar-refractivity contribution in [2.75, 3.05) is 49.6 Å². The summed E-state index contributed by atoms with van der Waals surface area (Å²) in [7, 11) is 0. The van der Waals surface area contributed by atoms with Gasteiger partial charge < -0.3 is 15.0 Å². The first kappa shape index (κ1) is 21.0. The van der Waals surface area contributed by atoms with Crippen molar-refractivity contribution < 1.29 is 14.3 Å². The molecule has 0 saturated carbocycles. The number of benzene rings is 1. The van der Waals surface area contributed by atoms with Crippen LogP contribution in [0.2, 0.25) is 0 Å². The zero-order valence-electron chi connectivity index (χ0n) is 17.5. The van der Waals surface area contributed by atoms with Crippen LogP contribution in [0.25, 0.3) is 11.3 Å². The van der Waals surface area contributed by atoms with Gasteiger partial charge in [0.2, 0.25) is 11.8 Å². The molecule has 1 aromatic carbocycles. The molecule has 0 radical (unpaired) electrons. The van der Waals surface area contributed by atoms with Crippen molar-refractivity contribution in [3.63, 3.8) is 0 Å². The van der Waals surface area contributed by atoms with Gasteiger partial charge in [0.25, 0.3) is 0 Å². The van der Waals surface area contributed by atoms with Crippen LogP contribution in [0.15, 0.2) is 23.6 Å². The van der Waals surface area contributed by atoms with Gasteiger partial charge in [-0.05, 0) is 30.5 Å². The molecule has 3 heterocycles. The summed E-state index contributed by atoms with van der Waals surface area (Å²) >= 11 is 1.43. The first-order chi connectivity index (χ1) is 14.5. The van der Waals surface area contributed by atoms with E-state index in [0.717, 1.165) is 49.4 Å². The quantitative estimate of drug-likeness (QED) is 0.792. The molecule has 0 atom stereocenters. The number of nitrogens with one attached hydrogen (secondary N) is 1. The number of rotatable bonds is 5. The Balaban J connectivity index is 1.44. The second-order valence-electron chi connectivity index (χ2n) is 8.07. The fourth-order valence-corrected chi connectivity index (χ4v) is 4.62. The Bertz CT molecular complexity index is 921. The lowest BCUT2D eigenvalue weighted by molar-refractivity contribution is -0.121. The summed E-state index contributed by atoms with van der Waals surface area (Å²) in [6, 6.07) is 6.17. The fourth-order valence-electron chi connectivity index (χ4n) is 3.88. The van der Waals surface area contributed by atoms with Crippen molar-refractivity contribution >= 4 is 34.0 Å². The lowest BCUT2D eigenvalue weighted by Crippen LogP contribution is -2.41. The molecule has 2 amide bonds. The van der Waals surface area contributed by atoms with Crippen molar-refractivity contribution in [1.82, 2.24) is 9.88 Å². The molecule has 2 aliphatic rings. The molecule has 0 aliphatic carbocycles. The molecule has 0 bridgehead atoms. The van der Waals surface area contributed by atoms with Crippen molar-refractivity contribution in [3.8, 4) is 11.3 Å². The van der Waals surface area contributed by atoms with E-state index in [0.29, 0.717) is 24.9 Å². The van der Waals surface area contributed by atoms with Gasteiger partial charge in [0.05, 0.1) is 25.5 Å². The van der Waals surface area contributed by atoms with E-state index in [4.69, 9.17) is 4.74 Å². The molecule has 4 rings (SSSR count). The van der Waals surface area contributed by atoms with Crippen LogP contribution in [-0.2, 0) is 20.7 Å². The molecule has 1 aromatic heterocycles. The van der Waals surface area contributed by atoms with Gasteiger partial charge >= 0.3 is 0 Å². The number of anilines is 2. The molecule has 8 heteroatoms. The van der Waals surface area contributed by atoms with Crippen LogP contribution < -0.4 is 10.2 Å². The highest BCUT2D eigenvalue weighted by molar-refractivity contribution is 7.14. The number of hydrogen-bond donors (Lipinski definition) is 1.